The maximum absolute atomic E-state index is 14.0. The van der Waals surface area contributed by atoms with Gasteiger partial charge >= 0.3 is 0 Å². The van der Waals surface area contributed by atoms with Crippen molar-refractivity contribution in [1.29, 1.82) is 0 Å². The van der Waals surface area contributed by atoms with Crippen LogP contribution in [0.15, 0.2) is 18.2 Å². The molecule has 0 aliphatic carbocycles. The number of hydrogen-bond donors (Lipinski definition) is 0. The fraction of sp³-hybridized carbons (Fsp3) is 0.600. The summed E-state index contributed by atoms with van der Waals surface area (Å²) in [6, 6.07) is 5.05. The molecule has 96 valence electrons. The Morgan fingerprint density at radius 2 is 1.94 bits per heavy atom. The highest BCUT2D eigenvalue weighted by Gasteiger charge is 2.27. The Bertz CT molecular complexity index is 362. The predicted molar refractivity (Wildman–Crippen MR) is 73.2 cm³/mol. The summed E-state index contributed by atoms with van der Waals surface area (Å²) in [6.45, 7) is 6.46. The van der Waals surface area contributed by atoms with Crippen molar-refractivity contribution in [1.82, 2.24) is 0 Å². The molecule has 1 atom stereocenters. The quantitative estimate of drug-likeness (QED) is 0.571. The Balaban J connectivity index is 2.90. The lowest BCUT2D eigenvalue weighted by Gasteiger charge is -2.29. The van der Waals surface area contributed by atoms with Crippen molar-refractivity contribution < 1.29 is 4.39 Å². The molecule has 0 nitrogen and oxygen atoms in total. The van der Waals surface area contributed by atoms with E-state index in [1.54, 1.807) is 6.07 Å². The Morgan fingerprint density at radius 1 is 1.24 bits per heavy atom. The van der Waals surface area contributed by atoms with Gasteiger partial charge < -0.3 is 0 Å². The van der Waals surface area contributed by atoms with Crippen LogP contribution in [0.5, 0.6) is 0 Å². The van der Waals surface area contributed by atoms with Crippen molar-refractivity contribution in [3.63, 3.8) is 0 Å². The molecule has 0 aliphatic heterocycles. The van der Waals surface area contributed by atoms with Crippen LogP contribution in [0.1, 0.15) is 58.4 Å². The molecule has 1 aromatic rings. The molecule has 1 unspecified atom stereocenters. The third-order valence-corrected chi connectivity index (χ3v) is 3.93. The van der Waals surface area contributed by atoms with Gasteiger partial charge in [-0.25, -0.2) is 4.39 Å². The Morgan fingerprint density at radius 3 is 2.47 bits per heavy atom. The number of hydrogen-bond acceptors (Lipinski definition) is 0. The molecular formula is C15H22ClF. The Kier molecular flexibility index (Phi) is 5.45. The lowest BCUT2D eigenvalue weighted by Crippen LogP contribution is -2.22. The van der Waals surface area contributed by atoms with Crippen LogP contribution in [0.25, 0.3) is 0 Å². The second-order valence-electron chi connectivity index (χ2n) is 5.00. The Labute approximate surface area is 109 Å². The van der Waals surface area contributed by atoms with Gasteiger partial charge in [-0.1, -0.05) is 57.7 Å². The minimum absolute atomic E-state index is 0.0656. The summed E-state index contributed by atoms with van der Waals surface area (Å²) in [7, 11) is 0. The second-order valence-corrected chi connectivity index (χ2v) is 5.43. The van der Waals surface area contributed by atoms with E-state index in [4.69, 9.17) is 11.6 Å². The molecule has 0 saturated heterocycles. The van der Waals surface area contributed by atoms with Crippen molar-refractivity contribution in [2.24, 2.45) is 0 Å². The highest BCUT2D eigenvalue weighted by molar-refractivity contribution is 6.30. The van der Waals surface area contributed by atoms with Gasteiger partial charge in [-0.15, -0.1) is 0 Å². The van der Waals surface area contributed by atoms with E-state index in [9.17, 15) is 4.39 Å². The van der Waals surface area contributed by atoms with Gasteiger partial charge in [0.25, 0.3) is 0 Å². The van der Waals surface area contributed by atoms with Crippen molar-refractivity contribution in [2.75, 3.05) is 0 Å². The van der Waals surface area contributed by atoms with Gasteiger partial charge in [0.1, 0.15) is 5.82 Å². The molecule has 0 spiro atoms. The average molecular weight is 257 g/mol. The van der Waals surface area contributed by atoms with E-state index in [1.807, 2.05) is 6.07 Å². The first-order chi connectivity index (χ1) is 8.03. The molecule has 1 aromatic carbocycles. The first-order valence-corrected chi connectivity index (χ1v) is 6.87. The fourth-order valence-corrected chi connectivity index (χ4v) is 2.40. The van der Waals surface area contributed by atoms with E-state index in [1.165, 1.54) is 18.9 Å². The smallest absolute Gasteiger partial charge is 0.128 e. The van der Waals surface area contributed by atoms with Crippen LogP contribution in [-0.4, -0.2) is 0 Å². The van der Waals surface area contributed by atoms with E-state index in [2.05, 4.69) is 20.8 Å². The zero-order valence-electron chi connectivity index (χ0n) is 11.0. The molecule has 0 saturated carbocycles. The second kappa shape index (κ2) is 6.39. The van der Waals surface area contributed by atoms with Crippen molar-refractivity contribution >= 4 is 11.6 Å². The minimum atomic E-state index is -0.168. The van der Waals surface area contributed by atoms with Gasteiger partial charge in [-0.3, -0.25) is 0 Å². The summed E-state index contributed by atoms with van der Waals surface area (Å²) >= 11 is 5.80. The lowest BCUT2D eigenvalue weighted by molar-refractivity contribution is 0.381. The summed E-state index contributed by atoms with van der Waals surface area (Å²) in [5, 5.41) is 0.471. The van der Waals surface area contributed by atoms with E-state index in [0.29, 0.717) is 5.02 Å². The Hall–Kier alpha value is -0.560. The largest absolute Gasteiger partial charge is 0.207 e. The number of unbranched alkanes of at least 4 members (excludes halogenated alkanes) is 2. The first kappa shape index (κ1) is 14.5. The van der Waals surface area contributed by atoms with Crippen LogP contribution >= 0.6 is 11.6 Å². The molecule has 0 aliphatic rings. The fourth-order valence-electron chi connectivity index (χ4n) is 2.25. The summed E-state index contributed by atoms with van der Waals surface area (Å²) in [5.41, 5.74) is 0.740. The van der Waals surface area contributed by atoms with E-state index in [-0.39, 0.29) is 11.2 Å². The standard InChI is InChI=1S/C15H22ClF/c1-4-6-7-10-15(3,5-2)13-9-8-12(16)11-14(13)17/h8-9,11H,4-7,10H2,1-3H3. The van der Waals surface area contributed by atoms with Gasteiger partial charge in [0.2, 0.25) is 0 Å². The minimum Gasteiger partial charge on any atom is -0.207 e. The molecule has 0 bridgehead atoms. The monoisotopic (exact) mass is 256 g/mol. The summed E-state index contributed by atoms with van der Waals surface area (Å²) in [6.07, 6.45) is 5.56. The molecule has 0 aromatic heterocycles. The number of halogens is 2. The molecule has 17 heavy (non-hydrogen) atoms. The van der Waals surface area contributed by atoms with Gasteiger partial charge in [0.15, 0.2) is 0 Å². The lowest BCUT2D eigenvalue weighted by atomic mass is 9.76. The zero-order chi connectivity index (χ0) is 12.9. The van der Waals surface area contributed by atoms with Crippen LogP contribution in [-0.2, 0) is 5.41 Å². The number of benzene rings is 1. The van der Waals surface area contributed by atoms with Crippen molar-refractivity contribution in [3.05, 3.63) is 34.6 Å². The number of rotatable bonds is 6. The molecular weight excluding hydrogens is 235 g/mol. The topological polar surface area (TPSA) is 0 Å². The highest BCUT2D eigenvalue weighted by atomic mass is 35.5. The van der Waals surface area contributed by atoms with Gasteiger partial charge in [0.05, 0.1) is 0 Å². The normalized spacial score (nSPS) is 14.6. The van der Waals surface area contributed by atoms with E-state index in [0.717, 1.165) is 24.8 Å². The molecule has 0 fully saturated rings. The third kappa shape index (κ3) is 3.70. The van der Waals surface area contributed by atoms with Crippen molar-refractivity contribution in [3.8, 4) is 0 Å². The van der Waals surface area contributed by atoms with E-state index < -0.39 is 0 Å². The van der Waals surface area contributed by atoms with Gasteiger partial charge in [-0.2, -0.15) is 0 Å². The zero-order valence-corrected chi connectivity index (χ0v) is 11.8. The van der Waals surface area contributed by atoms with Gasteiger partial charge in [0, 0.05) is 5.02 Å². The van der Waals surface area contributed by atoms with E-state index >= 15 is 0 Å². The molecule has 2 heteroatoms. The summed E-state index contributed by atoms with van der Waals surface area (Å²) < 4.78 is 14.0. The van der Waals surface area contributed by atoms with Crippen molar-refractivity contribution in [2.45, 2.75) is 58.3 Å². The highest BCUT2D eigenvalue weighted by Crippen LogP contribution is 2.35. The van der Waals surface area contributed by atoms with Crippen LogP contribution < -0.4 is 0 Å². The van der Waals surface area contributed by atoms with Crippen LogP contribution in [0.4, 0.5) is 4.39 Å². The molecule has 0 N–H and O–H groups in total. The van der Waals surface area contributed by atoms with Crippen LogP contribution in [0.3, 0.4) is 0 Å². The molecule has 0 heterocycles. The average Bonchev–Trinajstić information content (AvgIpc) is 2.29. The molecule has 1 rings (SSSR count). The molecule has 0 radical (unpaired) electrons. The summed E-state index contributed by atoms with van der Waals surface area (Å²) in [5.74, 6) is -0.168. The molecule has 0 amide bonds. The van der Waals surface area contributed by atoms with Crippen LogP contribution in [0.2, 0.25) is 5.02 Å². The maximum atomic E-state index is 14.0. The summed E-state index contributed by atoms with van der Waals surface area (Å²) in [4.78, 5) is 0. The SMILES string of the molecule is CCCCCC(C)(CC)c1ccc(Cl)cc1F. The first-order valence-electron chi connectivity index (χ1n) is 6.49. The maximum Gasteiger partial charge on any atom is 0.128 e. The van der Waals surface area contributed by atoms with Gasteiger partial charge in [-0.05, 0) is 36.0 Å². The predicted octanol–water partition coefficient (Wildman–Crippen LogP) is 5.73. The third-order valence-electron chi connectivity index (χ3n) is 3.69. The van der Waals surface area contributed by atoms with Crippen LogP contribution in [0, 0.1) is 5.82 Å².